The molecule has 0 aliphatic carbocycles. The van der Waals surface area contributed by atoms with Crippen molar-refractivity contribution in [3.8, 4) is 0 Å². The smallest absolute Gasteiger partial charge is 0.0635 e. The van der Waals surface area contributed by atoms with Crippen molar-refractivity contribution in [3.05, 3.63) is 35.9 Å². The Balaban J connectivity index is 2.41. The molecule has 1 heterocycles. The number of hydrogen-bond donors (Lipinski definition) is 1. The van der Waals surface area contributed by atoms with E-state index in [1.807, 2.05) is 7.11 Å². The molecule has 0 aromatic heterocycles. The molecule has 2 heteroatoms. The van der Waals surface area contributed by atoms with E-state index in [1.165, 1.54) is 5.56 Å². The molecule has 0 amide bonds. The van der Waals surface area contributed by atoms with Gasteiger partial charge < -0.3 is 10.1 Å². The molecule has 2 nitrogen and oxygen atoms in total. The van der Waals surface area contributed by atoms with E-state index in [4.69, 9.17) is 4.74 Å². The van der Waals surface area contributed by atoms with E-state index in [1.54, 1.807) is 0 Å². The Morgan fingerprint density at radius 2 is 1.89 bits per heavy atom. The van der Waals surface area contributed by atoms with Crippen LogP contribution in [-0.2, 0) is 10.3 Å². The summed E-state index contributed by atoms with van der Waals surface area (Å²) in [5, 5.41) is 3.91. The van der Waals surface area contributed by atoms with Gasteiger partial charge in [-0.05, 0) is 32.3 Å². The summed E-state index contributed by atoms with van der Waals surface area (Å²) in [5.74, 6) is 0.444. The lowest BCUT2D eigenvalue weighted by atomic mass is 9.68. The first-order valence-corrected chi connectivity index (χ1v) is 7.33. The normalized spacial score (nSPS) is 39.2. The van der Waals surface area contributed by atoms with Crippen molar-refractivity contribution >= 4 is 0 Å². The maximum absolute atomic E-state index is 5.78. The first-order valence-electron chi connectivity index (χ1n) is 7.33. The minimum absolute atomic E-state index is 0.0368. The van der Waals surface area contributed by atoms with E-state index in [9.17, 15) is 0 Å². The molecule has 4 unspecified atom stereocenters. The van der Waals surface area contributed by atoms with E-state index >= 15 is 0 Å². The Morgan fingerprint density at radius 1 is 1.26 bits per heavy atom. The lowest BCUT2D eigenvalue weighted by Gasteiger charge is -2.53. The molecule has 1 aliphatic heterocycles. The summed E-state index contributed by atoms with van der Waals surface area (Å²) in [4.78, 5) is 0. The van der Waals surface area contributed by atoms with Gasteiger partial charge in [0.25, 0.3) is 0 Å². The minimum atomic E-state index is -0.0368. The molecule has 2 rings (SSSR count). The number of ether oxygens (including phenoxy) is 1. The molecular weight excluding hydrogens is 234 g/mol. The van der Waals surface area contributed by atoms with Crippen molar-refractivity contribution in [2.45, 2.75) is 57.7 Å². The third-order valence-corrected chi connectivity index (χ3v) is 5.14. The fraction of sp³-hybridized carbons (Fsp3) is 0.647. The van der Waals surface area contributed by atoms with Gasteiger partial charge in [-0.2, -0.15) is 0 Å². The molecule has 1 aromatic carbocycles. The van der Waals surface area contributed by atoms with Crippen LogP contribution in [0.5, 0.6) is 0 Å². The van der Waals surface area contributed by atoms with Crippen molar-refractivity contribution in [2.75, 3.05) is 7.11 Å². The van der Waals surface area contributed by atoms with Gasteiger partial charge in [0.2, 0.25) is 0 Å². The van der Waals surface area contributed by atoms with Crippen LogP contribution in [0.4, 0.5) is 0 Å². The molecule has 0 radical (unpaired) electrons. The summed E-state index contributed by atoms with van der Waals surface area (Å²) in [5.41, 5.74) is 1.45. The topological polar surface area (TPSA) is 21.3 Å². The maximum atomic E-state index is 5.78. The van der Waals surface area contributed by atoms with Crippen LogP contribution in [0.25, 0.3) is 0 Å². The summed E-state index contributed by atoms with van der Waals surface area (Å²) in [7, 11) is 1.84. The molecule has 1 fully saturated rings. The highest BCUT2D eigenvalue weighted by Gasteiger charge is 2.48. The molecule has 4 atom stereocenters. The first-order chi connectivity index (χ1) is 8.95. The number of rotatable bonds is 3. The standard InChI is InChI=1S/C17H27NO/c1-6-16(3)12-15(19-5)13(2)17(4,18-16)14-10-8-7-9-11-14/h7-11,13,15,18H,6,12H2,1-5H3. The van der Waals surface area contributed by atoms with Crippen LogP contribution < -0.4 is 5.32 Å². The van der Waals surface area contributed by atoms with Gasteiger partial charge >= 0.3 is 0 Å². The summed E-state index contributed by atoms with van der Waals surface area (Å²) < 4.78 is 5.78. The van der Waals surface area contributed by atoms with Crippen LogP contribution in [0.1, 0.15) is 46.1 Å². The van der Waals surface area contributed by atoms with Crippen molar-refractivity contribution in [1.29, 1.82) is 0 Å². The lowest BCUT2D eigenvalue weighted by Crippen LogP contribution is -2.64. The van der Waals surface area contributed by atoms with Crippen LogP contribution in [0.15, 0.2) is 30.3 Å². The number of benzene rings is 1. The number of methoxy groups -OCH3 is 1. The van der Waals surface area contributed by atoms with Gasteiger partial charge in [-0.1, -0.05) is 44.2 Å². The van der Waals surface area contributed by atoms with E-state index < -0.39 is 0 Å². The third kappa shape index (κ3) is 2.56. The van der Waals surface area contributed by atoms with Crippen LogP contribution in [-0.4, -0.2) is 18.8 Å². The average molecular weight is 261 g/mol. The van der Waals surface area contributed by atoms with E-state index in [-0.39, 0.29) is 11.1 Å². The molecule has 1 N–H and O–H groups in total. The highest BCUT2D eigenvalue weighted by molar-refractivity contribution is 5.27. The second-order valence-electron chi connectivity index (χ2n) is 6.37. The van der Waals surface area contributed by atoms with Gasteiger partial charge in [0, 0.05) is 24.1 Å². The zero-order chi connectivity index (χ0) is 14.1. The maximum Gasteiger partial charge on any atom is 0.0635 e. The highest BCUT2D eigenvalue weighted by atomic mass is 16.5. The Bertz CT molecular complexity index is 419. The minimum Gasteiger partial charge on any atom is -0.381 e. The fourth-order valence-electron chi connectivity index (χ4n) is 3.42. The zero-order valence-electron chi connectivity index (χ0n) is 12.9. The van der Waals surface area contributed by atoms with Gasteiger partial charge in [-0.25, -0.2) is 0 Å². The molecule has 0 bridgehead atoms. The van der Waals surface area contributed by atoms with Crippen molar-refractivity contribution in [1.82, 2.24) is 5.32 Å². The Morgan fingerprint density at radius 3 is 2.42 bits per heavy atom. The lowest BCUT2D eigenvalue weighted by molar-refractivity contribution is -0.0531. The quantitative estimate of drug-likeness (QED) is 0.895. The van der Waals surface area contributed by atoms with Gasteiger partial charge in [-0.15, -0.1) is 0 Å². The van der Waals surface area contributed by atoms with Crippen LogP contribution in [0.3, 0.4) is 0 Å². The molecule has 106 valence electrons. The van der Waals surface area contributed by atoms with E-state index in [2.05, 4.69) is 63.3 Å². The third-order valence-electron chi connectivity index (χ3n) is 5.14. The van der Waals surface area contributed by atoms with Crippen LogP contribution >= 0.6 is 0 Å². The molecule has 0 spiro atoms. The molecule has 0 saturated carbocycles. The fourth-order valence-corrected chi connectivity index (χ4v) is 3.42. The van der Waals surface area contributed by atoms with Crippen LogP contribution in [0.2, 0.25) is 0 Å². The predicted molar refractivity (Wildman–Crippen MR) is 80.2 cm³/mol. The van der Waals surface area contributed by atoms with Gasteiger partial charge in [0.05, 0.1) is 6.10 Å². The van der Waals surface area contributed by atoms with E-state index in [0.29, 0.717) is 12.0 Å². The zero-order valence-corrected chi connectivity index (χ0v) is 12.9. The second-order valence-corrected chi connectivity index (χ2v) is 6.37. The molecular formula is C17H27NO. The summed E-state index contributed by atoms with van der Waals surface area (Å²) >= 11 is 0. The van der Waals surface area contributed by atoms with Gasteiger partial charge in [-0.3, -0.25) is 0 Å². The van der Waals surface area contributed by atoms with Crippen molar-refractivity contribution < 1.29 is 4.74 Å². The second kappa shape index (κ2) is 5.26. The Kier molecular flexibility index (Phi) is 4.03. The molecule has 19 heavy (non-hydrogen) atoms. The Hall–Kier alpha value is -0.860. The van der Waals surface area contributed by atoms with Crippen LogP contribution in [0, 0.1) is 5.92 Å². The average Bonchev–Trinajstić information content (AvgIpc) is 2.44. The highest BCUT2D eigenvalue weighted by Crippen LogP contribution is 2.42. The first kappa shape index (κ1) is 14.5. The number of hydrogen-bond acceptors (Lipinski definition) is 2. The largest absolute Gasteiger partial charge is 0.381 e. The van der Waals surface area contributed by atoms with Crippen molar-refractivity contribution in [3.63, 3.8) is 0 Å². The number of piperidine rings is 1. The molecule has 1 aromatic rings. The Labute approximate surface area is 117 Å². The molecule has 1 aliphatic rings. The number of nitrogens with one attached hydrogen (secondary N) is 1. The van der Waals surface area contributed by atoms with Crippen molar-refractivity contribution in [2.24, 2.45) is 5.92 Å². The van der Waals surface area contributed by atoms with Gasteiger partial charge in [0.1, 0.15) is 0 Å². The summed E-state index contributed by atoms with van der Waals surface area (Å²) in [6, 6.07) is 10.8. The predicted octanol–water partition coefficient (Wildman–Crippen LogP) is 3.71. The molecule has 1 saturated heterocycles. The summed E-state index contributed by atoms with van der Waals surface area (Å²) in [6.45, 7) is 9.17. The summed E-state index contributed by atoms with van der Waals surface area (Å²) in [6.07, 6.45) is 2.49. The SMILES string of the molecule is CCC1(C)CC(OC)C(C)C(C)(c2ccccc2)N1. The monoisotopic (exact) mass is 261 g/mol. The van der Waals surface area contributed by atoms with Gasteiger partial charge in [0.15, 0.2) is 0 Å². The van der Waals surface area contributed by atoms with E-state index in [0.717, 1.165) is 12.8 Å².